The summed E-state index contributed by atoms with van der Waals surface area (Å²) in [5.41, 5.74) is 2.72. The SMILES string of the molecule is CNC/C=C/C(=O)Nc1cc2c(Nc3ccc(OCc4ccccc4F)c(Cl)c3)c(C#N)cnc2cc1OC1CCOC1. The number of nitriles is 1. The van der Waals surface area contributed by atoms with E-state index in [1.165, 1.54) is 18.3 Å². The Kier molecular flexibility index (Phi) is 9.69. The van der Waals surface area contributed by atoms with Gasteiger partial charge in [-0.2, -0.15) is 5.26 Å². The van der Waals surface area contributed by atoms with Crippen LogP contribution < -0.4 is 25.4 Å². The molecule has 1 atom stereocenters. The lowest BCUT2D eigenvalue weighted by Gasteiger charge is -2.19. The molecule has 1 amide bonds. The van der Waals surface area contributed by atoms with Gasteiger partial charge < -0.3 is 30.2 Å². The molecule has 5 rings (SSSR count). The summed E-state index contributed by atoms with van der Waals surface area (Å²) in [6, 6.07) is 17.1. The maximum atomic E-state index is 14.0. The summed E-state index contributed by atoms with van der Waals surface area (Å²) in [6.07, 6.45) is 5.17. The molecular weight excluding hydrogens is 573 g/mol. The van der Waals surface area contributed by atoms with Crippen molar-refractivity contribution in [3.63, 3.8) is 0 Å². The fourth-order valence-corrected chi connectivity index (χ4v) is 4.72. The molecule has 0 bridgehead atoms. The number of halogens is 2. The second-order valence-electron chi connectivity index (χ2n) is 9.73. The Morgan fingerprint density at radius 2 is 2.09 bits per heavy atom. The number of likely N-dealkylation sites (N-methyl/N-ethyl adjacent to an activating group) is 1. The summed E-state index contributed by atoms with van der Waals surface area (Å²) in [5, 5.41) is 19.9. The van der Waals surface area contributed by atoms with Gasteiger partial charge in [-0.3, -0.25) is 9.78 Å². The van der Waals surface area contributed by atoms with Crippen molar-refractivity contribution in [2.45, 2.75) is 19.1 Å². The number of benzene rings is 3. The number of anilines is 3. The van der Waals surface area contributed by atoms with E-state index >= 15 is 0 Å². The molecule has 1 saturated heterocycles. The van der Waals surface area contributed by atoms with Gasteiger partial charge in [-0.15, -0.1) is 0 Å². The number of nitrogens with zero attached hydrogens (tertiary/aromatic N) is 2. The van der Waals surface area contributed by atoms with Crippen LogP contribution in [0.2, 0.25) is 5.02 Å². The Morgan fingerprint density at radius 3 is 2.84 bits per heavy atom. The van der Waals surface area contributed by atoms with Gasteiger partial charge in [0.15, 0.2) is 0 Å². The van der Waals surface area contributed by atoms with E-state index in [1.807, 2.05) is 0 Å². The summed E-state index contributed by atoms with van der Waals surface area (Å²) < 4.78 is 31.4. The third-order valence-electron chi connectivity index (χ3n) is 6.66. The smallest absolute Gasteiger partial charge is 0.248 e. The molecule has 1 aliphatic rings. The highest BCUT2D eigenvalue weighted by Gasteiger charge is 2.21. The van der Waals surface area contributed by atoms with E-state index < -0.39 is 0 Å². The standard InChI is InChI=1S/C32H29ClFN5O4/c1-36-11-4-7-31(40)39-28-14-24-27(15-30(28)43-23-10-12-41-19-23)37-17-21(16-35)32(24)38-22-8-9-29(25(33)13-22)42-18-20-5-2-3-6-26(20)34/h2-9,13-15,17,23,36H,10-12,18-19H2,1H3,(H,37,38)(H,39,40)/b7-4+. The molecule has 0 radical (unpaired) electrons. The third kappa shape index (κ3) is 7.40. The van der Waals surface area contributed by atoms with Crippen LogP contribution in [0.25, 0.3) is 10.9 Å². The normalized spacial score (nSPS) is 14.5. The zero-order valence-corrected chi connectivity index (χ0v) is 24.1. The molecule has 0 aliphatic carbocycles. The van der Waals surface area contributed by atoms with Crippen LogP contribution in [0, 0.1) is 17.1 Å². The Morgan fingerprint density at radius 1 is 1.23 bits per heavy atom. The van der Waals surface area contributed by atoms with E-state index in [4.69, 9.17) is 25.8 Å². The Hall–Kier alpha value is -4.69. The largest absolute Gasteiger partial charge is 0.487 e. The highest BCUT2D eigenvalue weighted by Crippen LogP contribution is 2.38. The van der Waals surface area contributed by atoms with E-state index in [1.54, 1.807) is 61.7 Å². The van der Waals surface area contributed by atoms with Crippen LogP contribution in [-0.4, -0.2) is 43.8 Å². The van der Waals surface area contributed by atoms with Crippen LogP contribution in [0.15, 0.2) is 72.9 Å². The molecule has 9 nitrogen and oxygen atoms in total. The lowest BCUT2D eigenvalue weighted by molar-refractivity contribution is -0.111. The predicted octanol–water partition coefficient (Wildman–Crippen LogP) is 6.10. The molecule has 3 N–H and O–H groups in total. The number of ether oxygens (including phenoxy) is 3. The van der Waals surface area contributed by atoms with Crippen molar-refractivity contribution in [2.24, 2.45) is 0 Å². The maximum absolute atomic E-state index is 14.0. The minimum Gasteiger partial charge on any atom is -0.487 e. The van der Waals surface area contributed by atoms with Crippen LogP contribution in [0.4, 0.5) is 21.5 Å². The van der Waals surface area contributed by atoms with Gasteiger partial charge in [0.25, 0.3) is 0 Å². The van der Waals surface area contributed by atoms with Crippen molar-refractivity contribution in [2.75, 3.05) is 37.4 Å². The van der Waals surface area contributed by atoms with Gasteiger partial charge in [-0.25, -0.2) is 4.39 Å². The number of carbonyl (C=O) groups is 1. The number of fused-ring (bicyclic) bond motifs is 1. The molecule has 0 saturated carbocycles. The number of pyridine rings is 1. The Balaban J connectivity index is 1.46. The number of carbonyl (C=O) groups excluding carboxylic acids is 1. The molecule has 2 heterocycles. The molecule has 1 fully saturated rings. The number of hydrogen-bond acceptors (Lipinski definition) is 8. The van der Waals surface area contributed by atoms with E-state index in [-0.39, 0.29) is 30.0 Å². The van der Waals surface area contributed by atoms with E-state index in [0.717, 1.165) is 6.42 Å². The molecule has 4 aromatic rings. The quantitative estimate of drug-likeness (QED) is 0.176. The first kappa shape index (κ1) is 29.8. The summed E-state index contributed by atoms with van der Waals surface area (Å²) in [6.45, 7) is 1.59. The van der Waals surface area contributed by atoms with E-state index in [9.17, 15) is 14.4 Å². The van der Waals surface area contributed by atoms with Crippen molar-refractivity contribution in [3.05, 3.63) is 94.9 Å². The van der Waals surface area contributed by atoms with Gasteiger partial charge >= 0.3 is 0 Å². The molecule has 1 unspecified atom stereocenters. The van der Waals surface area contributed by atoms with E-state index in [0.29, 0.717) is 69.8 Å². The van der Waals surface area contributed by atoms with Crippen LogP contribution in [0.3, 0.4) is 0 Å². The van der Waals surface area contributed by atoms with Gasteiger partial charge in [-0.05, 0) is 37.4 Å². The monoisotopic (exact) mass is 601 g/mol. The minimum atomic E-state index is -0.361. The van der Waals surface area contributed by atoms with Crippen LogP contribution in [0.5, 0.6) is 11.5 Å². The first-order valence-corrected chi connectivity index (χ1v) is 14.0. The second-order valence-corrected chi connectivity index (χ2v) is 10.1. The molecule has 43 heavy (non-hydrogen) atoms. The average molecular weight is 602 g/mol. The number of hydrogen-bond donors (Lipinski definition) is 3. The highest BCUT2D eigenvalue weighted by molar-refractivity contribution is 6.32. The number of aromatic nitrogens is 1. The van der Waals surface area contributed by atoms with Gasteiger partial charge in [0, 0.05) is 47.9 Å². The van der Waals surface area contributed by atoms with Crippen LogP contribution in [0.1, 0.15) is 17.5 Å². The molecule has 220 valence electrons. The topological polar surface area (TPSA) is 118 Å². The Bertz CT molecular complexity index is 1700. The number of amides is 1. The fraction of sp³-hybridized carbons (Fsp3) is 0.219. The van der Waals surface area contributed by atoms with Crippen molar-refractivity contribution >= 4 is 45.5 Å². The van der Waals surface area contributed by atoms with Gasteiger partial charge in [0.05, 0.1) is 40.7 Å². The van der Waals surface area contributed by atoms with Gasteiger partial charge in [0.1, 0.15) is 36.1 Å². The lowest BCUT2D eigenvalue weighted by Crippen LogP contribution is -2.18. The summed E-state index contributed by atoms with van der Waals surface area (Å²) in [7, 11) is 1.79. The number of rotatable bonds is 11. The highest BCUT2D eigenvalue weighted by atomic mass is 35.5. The van der Waals surface area contributed by atoms with Crippen LogP contribution in [-0.2, 0) is 16.1 Å². The third-order valence-corrected chi connectivity index (χ3v) is 6.96. The molecule has 11 heteroatoms. The summed E-state index contributed by atoms with van der Waals surface area (Å²) in [5.74, 6) is 0.129. The van der Waals surface area contributed by atoms with Gasteiger partial charge in [0.2, 0.25) is 5.91 Å². The molecule has 1 aliphatic heterocycles. The zero-order chi connectivity index (χ0) is 30.2. The average Bonchev–Trinajstić information content (AvgIpc) is 3.51. The first-order valence-electron chi connectivity index (χ1n) is 13.6. The van der Waals surface area contributed by atoms with Crippen LogP contribution >= 0.6 is 11.6 Å². The van der Waals surface area contributed by atoms with E-state index in [2.05, 4.69) is 27.0 Å². The second kappa shape index (κ2) is 14.0. The summed E-state index contributed by atoms with van der Waals surface area (Å²) in [4.78, 5) is 17.2. The summed E-state index contributed by atoms with van der Waals surface area (Å²) >= 11 is 6.51. The van der Waals surface area contributed by atoms with Crippen molar-refractivity contribution in [3.8, 4) is 17.6 Å². The number of nitrogens with one attached hydrogen (secondary N) is 3. The molecule has 0 spiro atoms. The predicted molar refractivity (Wildman–Crippen MR) is 163 cm³/mol. The molecule has 1 aromatic heterocycles. The van der Waals surface area contributed by atoms with Crippen molar-refractivity contribution < 1.29 is 23.4 Å². The first-order chi connectivity index (χ1) is 20.9. The van der Waals surface area contributed by atoms with Gasteiger partial charge in [-0.1, -0.05) is 35.9 Å². The zero-order valence-electron chi connectivity index (χ0n) is 23.3. The fourth-order valence-electron chi connectivity index (χ4n) is 4.49. The lowest BCUT2D eigenvalue weighted by atomic mass is 10.1. The molecule has 3 aromatic carbocycles. The van der Waals surface area contributed by atoms with Crippen molar-refractivity contribution in [1.82, 2.24) is 10.3 Å². The minimum absolute atomic E-state index is 0.0166. The molecular formula is C32H29ClFN5O4. The van der Waals surface area contributed by atoms with Crippen molar-refractivity contribution in [1.29, 1.82) is 5.26 Å². The maximum Gasteiger partial charge on any atom is 0.248 e. The Labute approximate surface area is 253 Å².